The summed E-state index contributed by atoms with van der Waals surface area (Å²) in [4.78, 5) is 10.3. The van der Waals surface area contributed by atoms with Crippen LogP contribution in [-0.2, 0) is 15.6 Å². The molecule has 0 bridgehead atoms. The zero-order valence-corrected chi connectivity index (χ0v) is 31.6. The molecule has 0 spiro atoms. The minimum absolute atomic E-state index is 0.0255. The molecule has 7 rings (SSSR count). The Balaban J connectivity index is 0.000000170. The van der Waals surface area contributed by atoms with Crippen LogP contribution in [0.2, 0.25) is 0 Å². The van der Waals surface area contributed by atoms with Gasteiger partial charge >= 0.3 is 35.1 Å². The Labute approximate surface area is 307 Å². The molecule has 0 aromatic heterocycles. The average molecular weight is 867 g/mol. The van der Waals surface area contributed by atoms with E-state index in [1.165, 1.54) is 56.1 Å². The molecule has 0 unspecified atom stereocenters. The van der Waals surface area contributed by atoms with Gasteiger partial charge in [0.1, 0.15) is 0 Å². The SMILES string of the molecule is O=c1cccc(O)[cH-]1.[Pd+][I].c1ccc(P(c2ccccc2)c2ccccc2)cc1.c1ccc(P(c2ccccc2)c2ccccc2)cc1. The summed E-state index contributed by atoms with van der Waals surface area (Å²) < 4.78 is 0. The van der Waals surface area contributed by atoms with E-state index in [1.807, 2.05) is 19.5 Å². The van der Waals surface area contributed by atoms with Gasteiger partial charge < -0.3 is 9.90 Å². The zero-order chi connectivity index (χ0) is 33.8. The van der Waals surface area contributed by atoms with Gasteiger partial charge in [0.25, 0.3) is 0 Å². The number of phenols is 1. The summed E-state index contributed by atoms with van der Waals surface area (Å²) in [5.74, 6) is 0.0255. The molecule has 1 N–H and O–H groups in total. The summed E-state index contributed by atoms with van der Waals surface area (Å²) in [5.41, 5.74) is -0.162. The molecule has 0 fully saturated rings. The van der Waals surface area contributed by atoms with E-state index in [9.17, 15) is 4.79 Å². The van der Waals surface area contributed by atoms with Crippen LogP contribution in [-0.4, -0.2) is 5.11 Å². The molecule has 0 saturated heterocycles. The zero-order valence-electron chi connectivity index (χ0n) is 26.1. The van der Waals surface area contributed by atoms with Gasteiger partial charge in [0.2, 0.25) is 0 Å². The van der Waals surface area contributed by atoms with Crippen molar-refractivity contribution in [3.05, 3.63) is 216 Å². The van der Waals surface area contributed by atoms with Crippen molar-refractivity contribution in [1.29, 1.82) is 0 Å². The smallest absolute Gasteiger partial charge is 0.0134 e. The van der Waals surface area contributed by atoms with Crippen molar-refractivity contribution in [1.82, 2.24) is 0 Å². The van der Waals surface area contributed by atoms with E-state index in [0.29, 0.717) is 0 Å². The second-order valence-electron chi connectivity index (χ2n) is 10.2. The van der Waals surface area contributed by atoms with Gasteiger partial charge in [-0.1, -0.05) is 188 Å². The van der Waals surface area contributed by atoms with Gasteiger partial charge in [-0.15, -0.1) is 12.1 Å². The number of phenolic OH excluding ortho intramolecular Hbond substituents is 1. The second-order valence-corrected chi connectivity index (χ2v) is 14.6. The Hall–Kier alpha value is -3.61. The maximum Gasteiger partial charge on any atom is -0.0134 e. The standard InChI is InChI=1S/2C18H15P.C6H5O2.HI.Pd/c2*1-4-10-16(11-5-1)19(17-12-6-2-7-13-17)18-14-8-3-9-15-18;7-5-2-1-3-6(8)4-5;;/h2*1-15H;1-4,7H;1H;/q;;-1;;+2/p-1. The van der Waals surface area contributed by atoms with Gasteiger partial charge in [-0.3, -0.25) is 0 Å². The molecule has 0 aliphatic heterocycles. The molecule has 0 heterocycles. The number of hydrogen-bond donors (Lipinski definition) is 1. The van der Waals surface area contributed by atoms with Gasteiger partial charge in [-0.25, -0.2) is 0 Å². The molecule has 242 valence electrons. The van der Waals surface area contributed by atoms with Crippen molar-refractivity contribution >= 4 is 67.2 Å². The van der Waals surface area contributed by atoms with Crippen LogP contribution < -0.4 is 37.3 Å². The summed E-state index contributed by atoms with van der Waals surface area (Å²) in [6, 6.07) is 70.2. The fourth-order valence-corrected chi connectivity index (χ4v) is 9.45. The Morgan fingerprint density at radius 1 is 0.375 bits per heavy atom. The third kappa shape index (κ3) is 11.8. The molecule has 0 amide bonds. The summed E-state index contributed by atoms with van der Waals surface area (Å²) in [6.45, 7) is 0. The van der Waals surface area contributed by atoms with Crippen molar-refractivity contribution in [3.63, 3.8) is 0 Å². The van der Waals surface area contributed by atoms with Crippen LogP contribution in [0.15, 0.2) is 211 Å². The summed E-state index contributed by atoms with van der Waals surface area (Å²) in [5, 5.41) is 17.0. The van der Waals surface area contributed by atoms with E-state index >= 15 is 0 Å². The van der Waals surface area contributed by atoms with Crippen LogP contribution >= 0.6 is 35.4 Å². The van der Waals surface area contributed by atoms with Crippen LogP contribution in [0, 0.1) is 0 Å². The molecule has 0 aliphatic rings. The molecule has 7 aromatic carbocycles. The Kier molecular flexibility index (Phi) is 16.6. The van der Waals surface area contributed by atoms with Gasteiger partial charge in [0, 0.05) is 5.75 Å². The molecule has 0 atom stereocenters. The number of hydrogen-bond acceptors (Lipinski definition) is 2. The van der Waals surface area contributed by atoms with E-state index in [2.05, 4.69) is 198 Å². The molecule has 0 aliphatic carbocycles. The van der Waals surface area contributed by atoms with Gasteiger partial charge in [0.05, 0.1) is 5.43 Å². The topological polar surface area (TPSA) is 37.3 Å². The first-order valence-electron chi connectivity index (χ1n) is 15.2. The van der Waals surface area contributed by atoms with E-state index in [0.717, 1.165) is 0 Å². The van der Waals surface area contributed by atoms with Crippen molar-refractivity contribution in [2.45, 2.75) is 0 Å². The molecule has 6 heteroatoms. The molecule has 0 radical (unpaired) electrons. The molecule has 7 aromatic rings. The number of benzene rings is 7. The Morgan fingerprint density at radius 2 is 0.604 bits per heavy atom. The van der Waals surface area contributed by atoms with Crippen LogP contribution in [0.5, 0.6) is 5.75 Å². The Morgan fingerprint density at radius 3 is 0.771 bits per heavy atom. The monoisotopic (exact) mass is 866 g/mol. The van der Waals surface area contributed by atoms with E-state index in [4.69, 9.17) is 5.11 Å². The molecule has 48 heavy (non-hydrogen) atoms. The van der Waals surface area contributed by atoms with Gasteiger partial charge in [-0.05, 0) is 47.7 Å². The predicted molar refractivity (Wildman–Crippen MR) is 214 cm³/mol. The first kappa shape index (κ1) is 37.2. The first-order valence-corrected chi connectivity index (χ1v) is 22.5. The largest absolute Gasteiger partial charge is 0.0622 e. The van der Waals surface area contributed by atoms with Gasteiger partial charge in [-0.2, -0.15) is 6.07 Å². The molecule has 2 nitrogen and oxygen atoms in total. The normalized spacial score (nSPS) is 10.0. The van der Waals surface area contributed by atoms with Crippen LogP contribution in [0.1, 0.15) is 0 Å². The maximum absolute atomic E-state index is 10.3. The van der Waals surface area contributed by atoms with E-state index < -0.39 is 15.8 Å². The predicted octanol–water partition coefficient (Wildman–Crippen LogP) is 8.24. The quantitative estimate of drug-likeness (QED) is 0.0793. The van der Waals surface area contributed by atoms with E-state index in [-0.39, 0.29) is 11.2 Å². The summed E-state index contributed by atoms with van der Waals surface area (Å²) in [6.07, 6.45) is 0. The maximum atomic E-state index is 10.3. The number of halogens is 1. The summed E-state index contributed by atoms with van der Waals surface area (Å²) in [7, 11) is -0.892. The third-order valence-electron chi connectivity index (χ3n) is 6.90. The molecular weight excluding hydrogens is 832 g/mol. The molecule has 0 saturated carbocycles. The average Bonchev–Trinajstić information content (AvgIpc) is 3.16. The minimum atomic E-state index is -0.446. The summed E-state index contributed by atoms with van der Waals surface area (Å²) >= 11 is 4.72. The van der Waals surface area contributed by atoms with Crippen LogP contribution in [0.25, 0.3) is 0 Å². The number of aromatic hydroxyl groups is 1. The first-order chi connectivity index (χ1) is 23.7. The second kappa shape index (κ2) is 21.4. The van der Waals surface area contributed by atoms with Crippen molar-refractivity contribution in [2.75, 3.05) is 0 Å². The van der Waals surface area contributed by atoms with E-state index in [1.54, 1.807) is 0 Å². The molecular formula is C42H35IO2P2Pd. The fourth-order valence-electron chi connectivity index (χ4n) is 4.84. The van der Waals surface area contributed by atoms with Crippen LogP contribution in [0.4, 0.5) is 0 Å². The van der Waals surface area contributed by atoms with Gasteiger partial charge in [0.15, 0.2) is 0 Å². The van der Waals surface area contributed by atoms with Crippen molar-refractivity contribution in [2.24, 2.45) is 0 Å². The Bertz CT molecular complexity index is 1600. The van der Waals surface area contributed by atoms with Crippen molar-refractivity contribution in [3.8, 4) is 5.75 Å². The third-order valence-corrected chi connectivity index (χ3v) is 11.8. The number of rotatable bonds is 6. The minimum Gasteiger partial charge on any atom is -0.0622 e. The van der Waals surface area contributed by atoms with Crippen molar-refractivity contribution < 1.29 is 20.7 Å². The van der Waals surface area contributed by atoms with Crippen LogP contribution in [0.3, 0.4) is 0 Å². The fraction of sp³-hybridized carbons (Fsp3) is 0.